The number of rotatable bonds is 2. The van der Waals surface area contributed by atoms with Crippen LogP contribution in [0.15, 0.2) is 65.7 Å². The van der Waals surface area contributed by atoms with Crippen LogP contribution in [0, 0.1) is 0 Å². The molecule has 1 nitrogen and oxygen atoms in total. The fourth-order valence-electron chi connectivity index (χ4n) is 2.95. The third kappa shape index (κ3) is 2.78. The van der Waals surface area contributed by atoms with E-state index in [-0.39, 0.29) is 0 Å². The molecule has 4 rings (SSSR count). The van der Waals surface area contributed by atoms with Crippen molar-refractivity contribution in [2.24, 2.45) is 4.99 Å². The Morgan fingerprint density at radius 2 is 1.61 bits per heavy atom. The van der Waals surface area contributed by atoms with E-state index in [4.69, 9.17) is 23.2 Å². The van der Waals surface area contributed by atoms with Gasteiger partial charge in [0.1, 0.15) is 0 Å². The van der Waals surface area contributed by atoms with E-state index in [1.54, 1.807) is 6.07 Å². The summed E-state index contributed by atoms with van der Waals surface area (Å²) in [6, 6.07) is 20.4. The van der Waals surface area contributed by atoms with Crippen molar-refractivity contribution in [2.45, 2.75) is 6.42 Å². The van der Waals surface area contributed by atoms with E-state index < -0.39 is 0 Å². The van der Waals surface area contributed by atoms with E-state index in [1.165, 1.54) is 22.3 Å². The van der Waals surface area contributed by atoms with E-state index in [2.05, 4.69) is 47.5 Å². The predicted octanol–water partition coefficient (Wildman–Crippen LogP) is 6.32. The topological polar surface area (TPSA) is 12.4 Å². The zero-order chi connectivity index (χ0) is 15.8. The first-order valence-electron chi connectivity index (χ1n) is 7.41. The molecular formula is C20H13Cl2N. The van der Waals surface area contributed by atoms with E-state index in [0.717, 1.165) is 17.7 Å². The Morgan fingerprint density at radius 1 is 0.783 bits per heavy atom. The molecule has 0 saturated heterocycles. The van der Waals surface area contributed by atoms with Gasteiger partial charge in [0, 0.05) is 6.21 Å². The minimum absolute atomic E-state index is 0.542. The Balaban J connectivity index is 1.63. The number of halogens is 2. The van der Waals surface area contributed by atoms with Crippen LogP contribution in [0.5, 0.6) is 0 Å². The van der Waals surface area contributed by atoms with Gasteiger partial charge in [-0.15, -0.1) is 0 Å². The molecule has 0 fully saturated rings. The summed E-state index contributed by atoms with van der Waals surface area (Å²) in [5.41, 5.74) is 7.24. The molecule has 0 amide bonds. The minimum atomic E-state index is 0.542. The zero-order valence-corrected chi connectivity index (χ0v) is 13.8. The van der Waals surface area contributed by atoms with Crippen LogP contribution in [0.2, 0.25) is 10.0 Å². The number of aliphatic imine (C=N–C) groups is 1. The molecule has 112 valence electrons. The maximum Gasteiger partial charge on any atom is 0.0633 e. The Hall–Kier alpha value is -2.09. The first kappa shape index (κ1) is 14.5. The van der Waals surface area contributed by atoms with Gasteiger partial charge in [-0.3, -0.25) is 4.99 Å². The van der Waals surface area contributed by atoms with Gasteiger partial charge in [-0.2, -0.15) is 0 Å². The Bertz CT molecular complexity index is 929. The molecule has 1 aliphatic rings. The highest BCUT2D eigenvalue weighted by molar-refractivity contribution is 6.42. The fraction of sp³-hybridized carbons (Fsp3) is 0.0500. The lowest BCUT2D eigenvalue weighted by atomic mass is 10.1. The molecule has 3 heteroatoms. The highest BCUT2D eigenvalue weighted by Crippen LogP contribution is 2.38. The van der Waals surface area contributed by atoms with Crippen molar-refractivity contribution in [3.05, 3.63) is 87.4 Å². The van der Waals surface area contributed by atoms with Gasteiger partial charge < -0.3 is 0 Å². The van der Waals surface area contributed by atoms with E-state index in [0.29, 0.717) is 10.0 Å². The first-order chi connectivity index (χ1) is 11.2. The average Bonchev–Trinajstić information content (AvgIpc) is 2.93. The number of benzene rings is 3. The number of hydrogen-bond donors (Lipinski definition) is 0. The Morgan fingerprint density at radius 3 is 2.48 bits per heavy atom. The molecule has 3 aromatic carbocycles. The van der Waals surface area contributed by atoms with Crippen LogP contribution < -0.4 is 0 Å². The van der Waals surface area contributed by atoms with Gasteiger partial charge in [0.2, 0.25) is 0 Å². The number of nitrogens with zero attached hydrogens (tertiary/aromatic N) is 1. The predicted molar refractivity (Wildman–Crippen MR) is 98.4 cm³/mol. The third-order valence-electron chi connectivity index (χ3n) is 4.08. The SMILES string of the molecule is Clc1ccc(C=Nc2ccc3c(c2)Cc2ccccc2-3)cc1Cl. The van der Waals surface area contributed by atoms with Crippen LogP contribution in [0.1, 0.15) is 16.7 Å². The van der Waals surface area contributed by atoms with Crippen molar-refractivity contribution in [1.82, 2.24) is 0 Å². The maximum atomic E-state index is 6.03. The summed E-state index contributed by atoms with van der Waals surface area (Å²) in [7, 11) is 0. The smallest absolute Gasteiger partial charge is 0.0633 e. The van der Waals surface area contributed by atoms with Crippen LogP contribution in [0.4, 0.5) is 5.69 Å². The van der Waals surface area contributed by atoms with E-state index in [9.17, 15) is 0 Å². The molecule has 0 atom stereocenters. The van der Waals surface area contributed by atoms with Gasteiger partial charge in [0.15, 0.2) is 0 Å². The molecule has 0 bridgehead atoms. The van der Waals surface area contributed by atoms with Crippen molar-refractivity contribution < 1.29 is 0 Å². The lowest BCUT2D eigenvalue weighted by Gasteiger charge is -2.02. The molecular weight excluding hydrogens is 325 g/mol. The van der Waals surface area contributed by atoms with E-state index >= 15 is 0 Å². The van der Waals surface area contributed by atoms with Gasteiger partial charge in [-0.25, -0.2) is 0 Å². The second-order valence-electron chi connectivity index (χ2n) is 5.61. The molecule has 0 unspecified atom stereocenters. The largest absolute Gasteiger partial charge is 0.256 e. The Labute approximate surface area is 145 Å². The van der Waals surface area contributed by atoms with Crippen molar-refractivity contribution in [3.8, 4) is 11.1 Å². The lowest BCUT2D eigenvalue weighted by Crippen LogP contribution is -1.82. The molecule has 0 heterocycles. The van der Waals surface area contributed by atoms with Crippen LogP contribution in [0.25, 0.3) is 11.1 Å². The summed E-state index contributed by atoms with van der Waals surface area (Å²) in [4.78, 5) is 4.56. The summed E-state index contributed by atoms with van der Waals surface area (Å²) < 4.78 is 0. The van der Waals surface area contributed by atoms with Gasteiger partial charge in [-0.1, -0.05) is 59.6 Å². The number of fused-ring (bicyclic) bond motifs is 3. The first-order valence-corrected chi connectivity index (χ1v) is 8.16. The third-order valence-corrected chi connectivity index (χ3v) is 4.82. The fourth-order valence-corrected chi connectivity index (χ4v) is 3.26. The second-order valence-corrected chi connectivity index (χ2v) is 6.42. The number of hydrogen-bond acceptors (Lipinski definition) is 1. The molecule has 0 aliphatic heterocycles. The zero-order valence-electron chi connectivity index (χ0n) is 12.3. The maximum absolute atomic E-state index is 6.03. The van der Waals surface area contributed by atoms with Gasteiger partial charge in [0.05, 0.1) is 15.7 Å². The lowest BCUT2D eigenvalue weighted by molar-refractivity contribution is 1.26. The molecule has 0 N–H and O–H groups in total. The van der Waals surface area contributed by atoms with Crippen molar-refractivity contribution in [2.75, 3.05) is 0 Å². The normalized spacial score (nSPS) is 12.4. The molecule has 0 radical (unpaired) electrons. The van der Waals surface area contributed by atoms with Crippen LogP contribution in [0.3, 0.4) is 0 Å². The monoisotopic (exact) mass is 337 g/mol. The van der Waals surface area contributed by atoms with Gasteiger partial charge >= 0.3 is 0 Å². The molecule has 0 spiro atoms. The van der Waals surface area contributed by atoms with Gasteiger partial charge in [-0.05, 0) is 58.5 Å². The van der Waals surface area contributed by atoms with Crippen molar-refractivity contribution in [1.29, 1.82) is 0 Å². The summed E-state index contributed by atoms with van der Waals surface area (Å²) in [6.07, 6.45) is 2.79. The van der Waals surface area contributed by atoms with Crippen molar-refractivity contribution >= 4 is 35.1 Å². The minimum Gasteiger partial charge on any atom is -0.256 e. The highest BCUT2D eigenvalue weighted by Gasteiger charge is 2.17. The summed E-state index contributed by atoms with van der Waals surface area (Å²) in [5, 5.41) is 1.10. The summed E-state index contributed by atoms with van der Waals surface area (Å²) >= 11 is 12.0. The van der Waals surface area contributed by atoms with Crippen LogP contribution in [-0.4, -0.2) is 6.21 Å². The Kier molecular flexibility index (Phi) is 3.68. The van der Waals surface area contributed by atoms with Crippen molar-refractivity contribution in [3.63, 3.8) is 0 Å². The molecule has 1 aliphatic carbocycles. The van der Waals surface area contributed by atoms with Crippen LogP contribution >= 0.6 is 23.2 Å². The molecule has 3 aromatic rings. The van der Waals surface area contributed by atoms with E-state index in [1.807, 2.05) is 18.3 Å². The molecule has 0 saturated carbocycles. The standard InChI is InChI=1S/C20H13Cl2N/c21-19-8-5-13(9-20(19)22)12-23-16-6-7-18-15(11-16)10-14-3-1-2-4-17(14)18/h1-9,11-12H,10H2. The van der Waals surface area contributed by atoms with Crippen LogP contribution in [-0.2, 0) is 6.42 Å². The average molecular weight is 338 g/mol. The summed E-state index contributed by atoms with van der Waals surface area (Å²) in [6.45, 7) is 0. The quantitative estimate of drug-likeness (QED) is 0.380. The molecule has 0 aromatic heterocycles. The highest BCUT2D eigenvalue weighted by atomic mass is 35.5. The second kappa shape index (κ2) is 5.84. The van der Waals surface area contributed by atoms with Gasteiger partial charge in [0.25, 0.3) is 0 Å². The summed E-state index contributed by atoms with van der Waals surface area (Å²) in [5.74, 6) is 0. The molecule has 23 heavy (non-hydrogen) atoms.